The molecule has 0 amide bonds. The number of rotatable bonds is 3. The summed E-state index contributed by atoms with van der Waals surface area (Å²) in [5.41, 5.74) is 0. The lowest BCUT2D eigenvalue weighted by Gasteiger charge is -2.33. The van der Waals surface area contributed by atoms with E-state index in [1.807, 2.05) is 0 Å². The largest absolute Gasteiger partial charge is 0.393 e. The molecule has 2 aliphatic carbocycles. The highest BCUT2D eigenvalue weighted by molar-refractivity contribution is 4.83. The Labute approximate surface area is 103 Å². The van der Waals surface area contributed by atoms with Crippen molar-refractivity contribution in [1.29, 1.82) is 0 Å². The van der Waals surface area contributed by atoms with Crippen molar-refractivity contribution in [1.82, 2.24) is 0 Å². The summed E-state index contributed by atoms with van der Waals surface area (Å²) >= 11 is 0. The minimum absolute atomic E-state index is 0.0284. The van der Waals surface area contributed by atoms with Gasteiger partial charge in [-0.3, -0.25) is 0 Å². The highest BCUT2D eigenvalue weighted by Gasteiger charge is 2.37. The Kier molecular flexibility index (Phi) is 4.40. The second-order valence-electron chi connectivity index (χ2n) is 6.00. The molecule has 0 saturated heterocycles. The summed E-state index contributed by atoms with van der Waals surface area (Å²) in [5.74, 6) is -1.71. The van der Waals surface area contributed by atoms with Gasteiger partial charge in [0.05, 0.1) is 6.10 Å². The average molecular weight is 246 g/mol. The summed E-state index contributed by atoms with van der Waals surface area (Å²) in [6, 6.07) is 0. The zero-order chi connectivity index (χ0) is 12.3. The molecule has 0 aromatic carbocycles. The molecule has 0 aromatic rings. The lowest BCUT2D eigenvalue weighted by molar-refractivity contribution is -0.0651. The predicted octanol–water partition coefficient (Wildman–Crippen LogP) is 4.14. The monoisotopic (exact) mass is 246 g/mol. The number of hydrogen-bond acceptors (Lipinski definition) is 1. The molecule has 0 spiro atoms. The number of halogens is 2. The van der Waals surface area contributed by atoms with E-state index in [4.69, 9.17) is 0 Å². The van der Waals surface area contributed by atoms with Crippen LogP contribution >= 0.6 is 0 Å². The molecule has 2 rings (SSSR count). The summed E-state index contributed by atoms with van der Waals surface area (Å²) in [6.45, 7) is 0. The van der Waals surface area contributed by atoms with Crippen LogP contribution in [0.1, 0.15) is 64.2 Å². The molecule has 1 nitrogen and oxygen atoms in total. The third-order valence-electron chi connectivity index (χ3n) is 4.61. The normalized spacial score (nSPS) is 29.1. The summed E-state index contributed by atoms with van der Waals surface area (Å²) in [6.07, 6.45) is 7.77. The second kappa shape index (κ2) is 5.64. The first-order chi connectivity index (χ1) is 8.07. The van der Waals surface area contributed by atoms with Crippen molar-refractivity contribution in [2.24, 2.45) is 11.8 Å². The Balaban J connectivity index is 1.74. The van der Waals surface area contributed by atoms with Gasteiger partial charge in [-0.2, -0.15) is 0 Å². The number of hydrogen-bond donors (Lipinski definition) is 1. The number of aliphatic hydroxyl groups excluding tert-OH is 1. The molecule has 0 aliphatic heterocycles. The first-order valence-corrected chi connectivity index (χ1v) is 7.13. The second-order valence-corrected chi connectivity index (χ2v) is 6.00. The van der Waals surface area contributed by atoms with E-state index in [-0.39, 0.29) is 24.9 Å². The van der Waals surface area contributed by atoms with Gasteiger partial charge < -0.3 is 5.11 Å². The minimum Gasteiger partial charge on any atom is -0.393 e. The zero-order valence-electron chi connectivity index (χ0n) is 10.5. The average Bonchev–Trinajstić information content (AvgIpc) is 2.30. The third kappa shape index (κ3) is 3.90. The van der Waals surface area contributed by atoms with Crippen LogP contribution in [0.3, 0.4) is 0 Å². The molecule has 1 unspecified atom stereocenters. The Hall–Kier alpha value is -0.180. The fourth-order valence-electron chi connectivity index (χ4n) is 3.40. The molecule has 0 bridgehead atoms. The molecular formula is C14H24F2O. The molecule has 1 N–H and O–H groups in total. The zero-order valence-corrected chi connectivity index (χ0v) is 10.5. The van der Waals surface area contributed by atoms with Crippen molar-refractivity contribution >= 4 is 0 Å². The standard InChI is InChI=1S/C14H24F2O/c15-14(16)8-6-12(7-9-14)13(17)10-11-4-2-1-3-5-11/h11-13,17H,1-10H2. The van der Waals surface area contributed by atoms with E-state index in [0.717, 1.165) is 6.42 Å². The fourth-order valence-corrected chi connectivity index (χ4v) is 3.40. The van der Waals surface area contributed by atoms with E-state index in [9.17, 15) is 13.9 Å². The fraction of sp³-hybridized carbons (Fsp3) is 1.00. The van der Waals surface area contributed by atoms with Gasteiger partial charge in [0, 0.05) is 12.8 Å². The molecule has 2 saturated carbocycles. The van der Waals surface area contributed by atoms with Gasteiger partial charge in [0.1, 0.15) is 0 Å². The maximum absolute atomic E-state index is 13.0. The molecular weight excluding hydrogens is 222 g/mol. The van der Waals surface area contributed by atoms with Gasteiger partial charge in [-0.15, -0.1) is 0 Å². The molecule has 100 valence electrons. The van der Waals surface area contributed by atoms with Crippen LogP contribution in [0.4, 0.5) is 8.78 Å². The van der Waals surface area contributed by atoms with Crippen LogP contribution in [-0.2, 0) is 0 Å². The summed E-state index contributed by atoms with van der Waals surface area (Å²) in [7, 11) is 0. The lowest BCUT2D eigenvalue weighted by Crippen LogP contribution is -2.32. The van der Waals surface area contributed by atoms with Crippen molar-refractivity contribution in [2.45, 2.75) is 76.2 Å². The van der Waals surface area contributed by atoms with Gasteiger partial charge in [-0.05, 0) is 31.1 Å². The highest BCUT2D eigenvalue weighted by Crippen LogP contribution is 2.39. The van der Waals surface area contributed by atoms with E-state index in [2.05, 4.69) is 0 Å². The summed E-state index contributed by atoms with van der Waals surface area (Å²) in [5, 5.41) is 10.2. The van der Waals surface area contributed by atoms with E-state index in [1.54, 1.807) is 0 Å². The minimum atomic E-state index is -2.47. The Bertz CT molecular complexity index is 226. The number of aliphatic hydroxyl groups is 1. The van der Waals surface area contributed by atoms with Crippen molar-refractivity contribution in [3.8, 4) is 0 Å². The van der Waals surface area contributed by atoms with Crippen LogP contribution in [0.5, 0.6) is 0 Å². The maximum Gasteiger partial charge on any atom is 0.248 e. The van der Waals surface area contributed by atoms with E-state index in [0.29, 0.717) is 18.8 Å². The number of alkyl halides is 2. The van der Waals surface area contributed by atoms with Crippen LogP contribution in [-0.4, -0.2) is 17.1 Å². The van der Waals surface area contributed by atoms with Gasteiger partial charge in [0.25, 0.3) is 0 Å². The van der Waals surface area contributed by atoms with Gasteiger partial charge in [0.15, 0.2) is 0 Å². The third-order valence-corrected chi connectivity index (χ3v) is 4.61. The lowest BCUT2D eigenvalue weighted by atomic mass is 9.78. The first kappa shape index (κ1) is 13.3. The Morgan fingerprint density at radius 3 is 2.18 bits per heavy atom. The summed E-state index contributed by atoms with van der Waals surface area (Å²) in [4.78, 5) is 0. The maximum atomic E-state index is 13.0. The molecule has 2 aliphatic rings. The Morgan fingerprint density at radius 1 is 1.00 bits per heavy atom. The smallest absolute Gasteiger partial charge is 0.248 e. The van der Waals surface area contributed by atoms with Gasteiger partial charge in [-0.1, -0.05) is 32.1 Å². The van der Waals surface area contributed by atoms with E-state index >= 15 is 0 Å². The van der Waals surface area contributed by atoms with Crippen LogP contribution in [0.15, 0.2) is 0 Å². The van der Waals surface area contributed by atoms with Crippen LogP contribution in [0, 0.1) is 11.8 Å². The van der Waals surface area contributed by atoms with Gasteiger partial charge in [-0.25, -0.2) is 8.78 Å². The molecule has 17 heavy (non-hydrogen) atoms. The molecule has 0 aromatic heterocycles. The first-order valence-electron chi connectivity index (χ1n) is 7.13. The quantitative estimate of drug-likeness (QED) is 0.793. The predicted molar refractivity (Wildman–Crippen MR) is 64.1 cm³/mol. The topological polar surface area (TPSA) is 20.2 Å². The van der Waals surface area contributed by atoms with Crippen LogP contribution in [0.2, 0.25) is 0 Å². The van der Waals surface area contributed by atoms with Crippen molar-refractivity contribution in [2.75, 3.05) is 0 Å². The van der Waals surface area contributed by atoms with E-state index < -0.39 is 5.92 Å². The van der Waals surface area contributed by atoms with E-state index in [1.165, 1.54) is 32.1 Å². The van der Waals surface area contributed by atoms with Gasteiger partial charge in [0.2, 0.25) is 5.92 Å². The van der Waals surface area contributed by atoms with Crippen molar-refractivity contribution in [3.05, 3.63) is 0 Å². The molecule has 3 heteroatoms. The molecule has 0 heterocycles. The summed E-state index contributed by atoms with van der Waals surface area (Å²) < 4.78 is 26.0. The SMILES string of the molecule is OC(CC1CCCCC1)C1CCC(F)(F)CC1. The van der Waals surface area contributed by atoms with Gasteiger partial charge >= 0.3 is 0 Å². The highest BCUT2D eigenvalue weighted by atomic mass is 19.3. The molecule has 1 atom stereocenters. The van der Waals surface area contributed by atoms with Crippen molar-refractivity contribution < 1.29 is 13.9 Å². The van der Waals surface area contributed by atoms with Crippen molar-refractivity contribution in [3.63, 3.8) is 0 Å². The molecule has 0 radical (unpaired) electrons. The van der Waals surface area contributed by atoms with Crippen LogP contribution < -0.4 is 0 Å². The Morgan fingerprint density at radius 2 is 1.59 bits per heavy atom. The molecule has 2 fully saturated rings. The van der Waals surface area contributed by atoms with Crippen LogP contribution in [0.25, 0.3) is 0 Å².